The summed E-state index contributed by atoms with van der Waals surface area (Å²) in [6, 6.07) is 14.4. The number of esters is 1. The number of carbonyl (C=O) groups is 4. The van der Waals surface area contributed by atoms with Crippen LogP contribution in [0.4, 0.5) is 15.4 Å². The van der Waals surface area contributed by atoms with Crippen LogP contribution < -0.4 is 4.90 Å². The Labute approximate surface area is 298 Å². The summed E-state index contributed by atoms with van der Waals surface area (Å²) in [6.45, 7) is 15.0. The summed E-state index contributed by atoms with van der Waals surface area (Å²) < 4.78 is 18.3. The summed E-state index contributed by atoms with van der Waals surface area (Å²) >= 11 is 1.36. The number of fused-ring (bicyclic) bond motifs is 2. The molecule has 4 rings (SSSR count). The molecule has 0 saturated heterocycles. The van der Waals surface area contributed by atoms with Crippen molar-refractivity contribution in [3.8, 4) is 0 Å². The third kappa shape index (κ3) is 10.1. The van der Waals surface area contributed by atoms with Crippen LogP contribution in [0, 0.1) is 5.92 Å². The molecule has 0 spiro atoms. The van der Waals surface area contributed by atoms with E-state index in [1.54, 1.807) is 65.9 Å². The van der Waals surface area contributed by atoms with Gasteiger partial charge in [-0.1, -0.05) is 63.4 Å². The highest BCUT2D eigenvalue weighted by Crippen LogP contribution is 2.35. The van der Waals surface area contributed by atoms with Crippen LogP contribution in [0.1, 0.15) is 97.9 Å². The number of imide groups is 1. The van der Waals surface area contributed by atoms with Gasteiger partial charge in [-0.25, -0.2) is 14.6 Å². The van der Waals surface area contributed by atoms with Crippen LogP contribution in [-0.2, 0) is 19.0 Å². The van der Waals surface area contributed by atoms with E-state index in [-0.39, 0.29) is 23.8 Å². The number of pyridine rings is 1. The molecular formula is C39H49N3O7S. The lowest BCUT2D eigenvalue weighted by Crippen LogP contribution is -2.41. The van der Waals surface area contributed by atoms with Crippen LogP contribution in [-0.4, -0.2) is 57.2 Å². The SMILES string of the molecule is CCCCC(CC)COC(=O)CCSc1cccc2c1c(C(=O)N(C(=O)OC(C)(C)C)c1cc3ccccc3cn1)cn2C(=O)OC(C)(C)C. The minimum absolute atomic E-state index is 0.0679. The Morgan fingerprint density at radius 3 is 2.28 bits per heavy atom. The number of hydrogen-bond acceptors (Lipinski definition) is 9. The van der Waals surface area contributed by atoms with Crippen LogP contribution in [0.3, 0.4) is 0 Å². The minimum atomic E-state index is -0.917. The second kappa shape index (κ2) is 16.6. The number of hydrogen-bond donors (Lipinski definition) is 0. The first-order valence-corrected chi connectivity index (χ1v) is 18.2. The molecule has 0 aliphatic heterocycles. The normalized spacial score (nSPS) is 12.5. The van der Waals surface area contributed by atoms with Gasteiger partial charge in [0.15, 0.2) is 0 Å². The van der Waals surface area contributed by atoms with Crippen LogP contribution in [0.15, 0.2) is 65.8 Å². The minimum Gasteiger partial charge on any atom is -0.465 e. The monoisotopic (exact) mass is 703 g/mol. The molecule has 1 unspecified atom stereocenters. The number of benzene rings is 2. The second-order valence-corrected chi connectivity index (χ2v) is 15.4. The predicted molar refractivity (Wildman–Crippen MR) is 198 cm³/mol. The summed E-state index contributed by atoms with van der Waals surface area (Å²) in [5.74, 6) is -0.248. The van der Waals surface area contributed by atoms with E-state index >= 15 is 0 Å². The maximum Gasteiger partial charge on any atom is 0.423 e. The zero-order chi connectivity index (χ0) is 36.6. The average Bonchev–Trinajstić information content (AvgIpc) is 3.44. The molecule has 0 aliphatic carbocycles. The molecule has 0 bridgehead atoms. The number of aromatic nitrogens is 2. The molecule has 2 aromatic heterocycles. The second-order valence-electron chi connectivity index (χ2n) is 14.3. The molecule has 2 amide bonds. The van der Waals surface area contributed by atoms with Gasteiger partial charge in [-0.3, -0.25) is 14.2 Å². The number of amides is 2. The molecule has 2 heterocycles. The van der Waals surface area contributed by atoms with Gasteiger partial charge in [0.05, 0.1) is 24.1 Å². The Bertz CT molecular complexity index is 1840. The van der Waals surface area contributed by atoms with Crippen molar-refractivity contribution in [3.63, 3.8) is 0 Å². The van der Waals surface area contributed by atoms with Crippen LogP contribution >= 0.6 is 11.8 Å². The van der Waals surface area contributed by atoms with Gasteiger partial charge < -0.3 is 14.2 Å². The molecule has 0 N–H and O–H groups in total. The molecule has 0 radical (unpaired) electrons. The number of carbonyl (C=O) groups excluding carboxylic acids is 4. The van der Waals surface area contributed by atoms with Crippen molar-refractivity contribution < 1.29 is 33.4 Å². The molecule has 2 aromatic carbocycles. The smallest absolute Gasteiger partial charge is 0.423 e. The fourth-order valence-corrected chi connectivity index (χ4v) is 6.35. The van der Waals surface area contributed by atoms with E-state index in [1.807, 2.05) is 30.3 Å². The highest BCUT2D eigenvalue weighted by Gasteiger charge is 2.34. The van der Waals surface area contributed by atoms with E-state index in [0.29, 0.717) is 34.1 Å². The summed E-state index contributed by atoms with van der Waals surface area (Å²) in [4.78, 5) is 60.7. The van der Waals surface area contributed by atoms with Gasteiger partial charge in [-0.05, 0) is 77.5 Å². The molecule has 0 aliphatic rings. The fourth-order valence-electron chi connectivity index (χ4n) is 5.33. The Hall–Kier alpha value is -4.38. The Morgan fingerprint density at radius 1 is 0.920 bits per heavy atom. The molecule has 50 heavy (non-hydrogen) atoms. The van der Waals surface area contributed by atoms with E-state index in [4.69, 9.17) is 14.2 Å². The van der Waals surface area contributed by atoms with Gasteiger partial charge in [0.2, 0.25) is 0 Å². The van der Waals surface area contributed by atoms with Gasteiger partial charge in [-0.2, -0.15) is 4.90 Å². The van der Waals surface area contributed by atoms with Gasteiger partial charge in [0.1, 0.15) is 17.0 Å². The van der Waals surface area contributed by atoms with Crippen molar-refractivity contribution in [2.24, 2.45) is 5.92 Å². The van der Waals surface area contributed by atoms with Gasteiger partial charge >= 0.3 is 18.2 Å². The first-order valence-electron chi connectivity index (χ1n) is 17.2. The van der Waals surface area contributed by atoms with Crippen molar-refractivity contribution in [1.29, 1.82) is 0 Å². The zero-order valence-electron chi connectivity index (χ0n) is 30.4. The van der Waals surface area contributed by atoms with E-state index in [9.17, 15) is 19.2 Å². The van der Waals surface area contributed by atoms with Crippen molar-refractivity contribution in [1.82, 2.24) is 9.55 Å². The van der Waals surface area contributed by atoms with Crippen LogP contribution in [0.25, 0.3) is 21.7 Å². The molecule has 0 fully saturated rings. The van der Waals surface area contributed by atoms with Crippen LogP contribution in [0.2, 0.25) is 0 Å². The molecule has 0 saturated carbocycles. The summed E-state index contributed by atoms with van der Waals surface area (Å²) in [5.41, 5.74) is -1.25. The Morgan fingerprint density at radius 2 is 1.62 bits per heavy atom. The zero-order valence-corrected chi connectivity index (χ0v) is 31.2. The molecule has 4 aromatic rings. The maximum absolute atomic E-state index is 14.7. The summed E-state index contributed by atoms with van der Waals surface area (Å²) in [5, 5.41) is 2.04. The quantitative estimate of drug-likeness (QED) is 0.0807. The van der Waals surface area contributed by atoms with Crippen molar-refractivity contribution in [2.75, 3.05) is 17.3 Å². The van der Waals surface area contributed by atoms with E-state index in [1.165, 1.54) is 22.5 Å². The fraction of sp³-hybridized carbons (Fsp3) is 0.462. The van der Waals surface area contributed by atoms with Crippen LogP contribution in [0.5, 0.6) is 0 Å². The first kappa shape index (κ1) is 38.4. The molecule has 1 atom stereocenters. The lowest BCUT2D eigenvalue weighted by atomic mass is 10.0. The highest BCUT2D eigenvalue weighted by atomic mass is 32.2. The lowest BCUT2D eigenvalue weighted by Gasteiger charge is -2.25. The molecule has 268 valence electrons. The number of unbranched alkanes of at least 4 members (excludes halogenated alkanes) is 1. The highest BCUT2D eigenvalue weighted by molar-refractivity contribution is 7.99. The standard InChI is InChI=1S/C39H49N3O7S/c1-9-11-15-26(10-2)25-47-33(43)20-21-50-31-19-14-18-30-34(31)29(24-41(30)36(45)48-38(3,4)5)35(44)42(37(46)49-39(6,7)8)32-22-27-16-12-13-17-28(27)23-40-32/h12-14,16-19,22-24,26H,9-11,15,20-21,25H2,1-8H3. The third-order valence-corrected chi connectivity index (χ3v) is 8.88. The average molecular weight is 704 g/mol. The largest absolute Gasteiger partial charge is 0.465 e. The number of nitrogens with zero attached hydrogens (tertiary/aromatic N) is 3. The van der Waals surface area contributed by atoms with E-state index in [2.05, 4.69) is 18.8 Å². The van der Waals surface area contributed by atoms with E-state index in [0.717, 1.165) is 41.4 Å². The number of anilines is 1. The first-order chi connectivity index (χ1) is 23.6. The number of thioether (sulfide) groups is 1. The van der Waals surface area contributed by atoms with Crippen molar-refractivity contribution >= 4 is 63.3 Å². The lowest BCUT2D eigenvalue weighted by molar-refractivity contribution is -0.144. The Kier molecular flexibility index (Phi) is 12.7. The van der Waals surface area contributed by atoms with E-state index < -0.39 is 29.3 Å². The number of ether oxygens (including phenoxy) is 3. The molecule has 11 heteroatoms. The summed E-state index contributed by atoms with van der Waals surface area (Å²) in [7, 11) is 0. The van der Waals surface area contributed by atoms with Crippen molar-refractivity contribution in [2.45, 2.75) is 104 Å². The predicted octanol–water partition coefficient (Wildman–Crippen LogP) is 9.80. The summed E-state index contributed by atoms with van der Waals surface area (Å²) in [6.07, 6.45) is 5.71. The topological polar surface area (TPSA) is 117 Å². The molecule has 10 nitrogen and oxygen atoms in total. The number of rotatable bonds is 12. The molecular weight excluding hydrogens is 655 g/mol. The Balaban J connectivity index is 1.74. The van der Waals surface area contributed by atoms with Crippen molar-refractivity contribution in [3.05, 3.63) is 66.5 Å². The maximum atomic E-state index is 14.7. The van der Waals surface area contributed by atoms with Gasteiger partial charge in [0.25, 0.3) is 5.91 Å². The van der Waals surface area contributed by atoms with Gasteiger partial charge in [0, 0.05) is 33.8 Å². The van der Waals surface area contributed by atoms with Gasteiger partial charge in [-0.15, -0.1) is 11.8 Å². The third-order valence-electron chi connectivity index (χ3n) is 7.82.